The number of aromatic nitrogens is 3. The van der Waals surface area contributed by atoms with Crippen molar-refractivity contribution in [2.45, 2.75) is 44.6 Å². The van der Waals surface area contributed by atoms with Crippen LogP contribution in [0.2, 0.25) is 10.0 Å². The first-order valence-corrected chi connectivity index (χ1v) is 8.99. The number of para-hydroxylation sites is 1. The van der Waals surface area contributed by atoms with Gasteiger partial charge in [0.05, 0.1) is 22.0 Å². The number of carbonyl (C=O) groups excluding carboxylic acids is 1. The molecule has 0 atom stereocenters. The van der Waals surface area contributed by atoms with Gasteiger partial charge >= 0.3 is 5.97 Å². The fraction of sp³-hybridized carbons (Fsp3) is 0.412. The molecule has 0 spiro atoms. The van der Waals surface area contributed by atoms with Crippen LogP contribution in [0.4, 0.5) is 0 Å². The molecule has 3 rings (SSSR count). The Hall–Kier alpha value is -2.12. The fourth-order valence-corrected chi connectivity index (χ4v) is 3.93. The van der Waals surface area contributed by atoms with Crippen LogP contribution in [0.15, 0.2) is 18.2 Å². The van der Waals surface area contributed by atoms with Gasteiger partial charge < -0.3 is 10.4 Å². The summed E-state index contributed by atoms with van der Waals surface area (Å²) in [6.45, 7) is 1.69. The Balaban J connectivity index is 1.89. The number of hydrogen-bond donors (Lipinski definition) is 2. The number of hydrogen-bond acceptors (Lipinski definition) is 4. The Bertz CT molecular complexity index is 839. The van der Waals surface area contributed by atoms with Crippen molar-refractivity contribution in [3.8, 4) is 5.69 Å². The zero-order valence-electron chi connectivity index (χ0n) is 14.1. The van der Waals surface area contributed by atoms with Gasteiger partial charge in [0.15, 0.2) is 0 Å². The van der Waals surface area contributed by atoms with E-state index in [-0.39, 0.29) is 12.2 Å². The maximum atomic E-state index is 12.6. The highest BCUT2D eigenvalue weighted by Gasteiger charge is 2.38. The summed E-state index contributed by atoms with van der Waals surface area (Å²) in [6.07, 6.45) is 2.89. The SMILES string of the molecule is Cc1nc(C(=O)NC2(CC(=O)O)CCCC2)nn1-c1c(Cl)cccc1Cl. The third kappa shape index (κ3) is 3.68. The van der Waals surface area contributed by atoms with Crippen molar-refractivity contribution in [3.63, 3.8) is 0 Å². The highest BCUT2D eigenvalue weighted by atomic mass is 35.5. The van der Waals surface area contributed by atoms with Gasteiger partial charge in [0, 0.05) is 0 Å². The topological polar surface area (TPSA) is 97.1 Å². The smallest absolute Gasteiger partial charge is 0.305 e. The van der Waals surface area contributed by atoms with E-state index in [9.17, 15) is 9.59 Å². The zero-order valence-corrected chi connectivity index (χ0v) is 15.6. The first-order chi connectivity index (χ1) is 12.3. The highest BCUT2D eigenvalue weighted by Crippen LogP contribution is 2.33. The van der Waals surface area contributed by atoms with E-state index in [1.807, 2.05) is 0 Å². The Kier molecular flexibility index (Phi) is 5.20. The molecule has 26 heavy (non-hydrogen) atoms. The van der Waals surface area contributed by atoms with Crippen molar-refractivity contribution < 1.29 is 14.7 Å². The molecule has 0 aliphatic heterocycles. The molecule has 1 saturated carbocycles. The summed E-state index contributed by atoms with van der Waals surface area (Å²) >= 11 is 12.4. The van der Waals surface area contributed by atoms with Gasteiger partial charge in [0.2, 0.25) is 5.82 Å². The molecular formula is C17H18Cl2N4O3. The van der Waals surface area contributed by atoms with Crippen LogP contribution in [0.1, 0.15) is 48.5 Å². The number of aryl methyl sites for hydroxylation is 1. The average Bonchev–Trinajstić information content (AvgIpc) is 3.14. The molecule has 1 aliphatic carbocycles. The molecule has 138 valence electrons. The van der Waals surface area contributed by atoms with Crippen LogP contribution in [0.3, 0.4) is 0 Å². The minimum Gasteiger partial charge on any atom is -0.481 e. The number of nitrogens with one attached hydrogen (secondary N) is 1. The van der Waals surface area contributed by atoms with Gasteiger partial charge in [-0.3, -0.25) is 9.59 Å². The molecule has 0 unspecified atom stereocenters. The molecule has 0 radical (unpaired) electrons. The van der Waals surface area contributed by atoms with E-state index in [0.717, 1.165) is 12.8 Å². The molecule has 9 heteroatoms. The predicted molar refractivity (Wildman–Crippen MR) is 97.0 cm³/mol. The van der Waals surface area contributed by atoms with Gasteiger partial charge in [0.25, 0.3) is 5.91 Å². The number of aliphatic carboxylic acids is 1. The molecule has 7 nitrogen and oxygen atoms in total. The summed E-state index contributed by atoms with van der Waals surface area (Å²) < 4.78 is 1.41. The van der Waals surface area contributed by atoms with Crippen molar-refractivity contribution in [1.82, 2.24) is 20.1 Å². The Morgan fingerprint density at radius 3 is 2.46 bits per heavy atom. The van der Waals surface area contributed by atoms with E-state index in [4.69, 9.17) is 28.3 Å². The van der Waals surface area contributed by atoms with Crippen LogP contribution in [0, 0.1) is 6.92 Å². The molecule has 2 aromatic rings. The van der Waals surface area contributed by atoms with Gasteiger partial charge in [-0.15, -0.1) is 5.10 Å². The Labute approximate surface area is 160 Å². The predicted octanol–water partition coefficient (Wildman–Crippen LogP) is 3.40. The van der Waals surface area contributed by atoms with Crippen molar-refractivity contribution in [3.05, 3.63) is 39.9 Å². The zero-order chi connectivity index (χ0) is 18.9. The first kappa shape index (κ1) is 18.7. The lowest BCUT2D eigenvalue weighted by Gasteiger charge is -2.27. The maximum Gasteiger partial charge on any atom is 0.305 e. The number of rotatable bonds is 5. The van der Waals surface area contributed by atoms with Crippen LogP contribution in [0.5, 0.6) is 0 Å². The van der Waals surface area contributed by atoms with Crippen LogP contribution < -0.4 is 5.32 Å². The summed E-state index contributed by atoms with van der Waals surface area (Å²) in [6, 6.07) is 5.05. The van der Waals surface area contributed by atoms with E-state index in [1.54, 1.807) is 25.1 Å². The molecule has 1 aromatic heterocycles. The van der Waals surface area contributed by atoms with E-state index < -0.39 is 17.4 Å². The highest BCUT2D eigenvalue weighted by molar-refractivity contribution is 6.37. The molecule has 1 aliphatic rings. The summed E-state index contributed by atoms with van der Waals surface area (Å²) in [7, 11) is 0. The number of nitrogens with zero attached hydrogens (tertiary/aromatic N) is 3. The van der Waals surface area contributed by atoms with Crippen LogP contribution >= 0.6 is 23.2 Å². The summed E-state index contributed by atoms with van der Waals surface area (Å²) in [5, 5.41) is 17.0. The fourth-order valence-electron chi connectivity index (χ4n) is 3.37. The molecule has 1 aromatic carbocycles. The Morgan fingerprint density at radius 2 is 1.88 bits per heavy atom. The van der Waals surface area contributed by atoms with E-state index >= 15 is 0 Å². The maximum absolute atomic E-state index is 12.6. The number of carboxylic acids is 1. The summed E-state index contributed by atoms with van der Waals surface area (Å²) in [4.78, 5) is 28.0. The third-order valence-corrected chi connectivity index (χ3v) is 5.16. The minimum atomic E-state index is -0.940. The minimum absolute atomic E-state index is 0.0462. The van der Waals surface area contributed by atoms with Crippen molar-refractivity contribution in [2.75, 3.05) is 0 Å². The van der Waals surface area contributed by atoms with Gasteiger partial charge in [-0.25, -0.2) is 9.67 Å². The van der Waals surface area contributed by atoms with Crippen molar-refractivity contribution in [1.29, 1.82) is 0 Å². The second-order valence-corrected chi connectivity index (χ2v) is 7.29. The normalized spacial score (nSPS) is 15.8. The average molecular weight is 397 g/mol. The molecule has 2 N–H and O–H groups in total. The third-order valence-electron chi connectivity index (χ3n) is 4.55. The molecule has 1 fully saturated rings. The van der Waals surface area contributed by atoms with Crippen LogP contribution in [-0.4, -0.2) is 37.3 Å². The van der Waals surface area contributed by atoms with E-state index in [2.05, 4.69) is 15.4 Å². The molecule has 0 bridgehead atoms. The number of carboxylic acid groups (broad SMARTS) is 1. The van der Waals surface area contributed by atoms with Crippen molar-refractivity contribution in [2.24, 2.45) is 0 Å². The number of amides is 1. The van der Waals surface area contributed by atoms with E-state index in [1.165, 1.54) is 4.68 Å². The first-order valence-electron chi connectivity index (χ1n) is 8.24. The van der Waals surface area contributed by atoms with Crippen molar-refractivity contribution >= 4 is 35.1 Å². The number of benzene rings is 1. The van der Waals surface area contributed by atoms with Crippen LogP contribution in [0.25, 0.3) is 5.69 Å². The molecular weight excluding hydrogens is 379 g/mol. The second-order valence-electron chi connectivity index (χ2n) is 6.48. The lowest BCUT2D eigenvalue weighted by molar-refractivity contribution is -0.138. The van der Waals surface area contributed by atoms with E-state index in [0.29, 0.717) is 34.4 Å². The summed E-state index contributed by atoms with van der Waals surface area (Å²) in [5.41, 5.74) is -0.300. The second kappa shape index (κ2) is 7.25. The molecule has 1 amide bonds. The summed E-state index contributed by atoms with van der Waals surface area (Å²) in [5.74, 6) is -1.04. The van der Waals surface area contributed by atoms with Crippen LogP contribution in [-0.2, 0) is 4.79 Å². The lowest BCUT2D eigenvalue weighted by atomic mass is 9.93. The van der Waals surface area contributed by atoms with Gasteiger partial charge in [-0.05, 0) is 31.9 Å². The monoisotopic (exact) mass is 396 g/mol. The quantitative estimate of drug-likeness (QED) is 0.806. The van der Waals surface area contributed by atoms with Gasteiger partial charge in [-0.1, -0.05) is 42.1 Å². The Morgan fingerprint density at radius 1 is 1.27 bits per heavy atom. The standard InChI is InChI=1S/C17H18Cl2N4O3/c1-10-20-15(22-23(10)14-11(18)5-4-6-12(14)19)16(26)21-17(9-13(24)25)7-2-3-8-17/h4-6H,2-3,7-9H2,1H3,(H,21,26)(H,24,25). The molecule has 0 saturated heterocycles. The van der Waals surface area contributed by atoms with Gasteiger partial charge in [0.1, 0.15) is 11.5 Å². The number of halogens is 2. The lowest BCUT2D eigenvalue weighted by Crippen LogP contribution is -2.48. The molecule has 1 heterocycles. The van der Waals surface area contributed by atoms with Gasteiger partial charge in [-0.2, -0.15) is 0 Å². The largest absolute Gasteiger partial charge is 0.481 e. The number of carbonyl (C=O) groups is 2.